The van der Waals surface area contributed by atoms with Crippen molar-refractivity contribution in [3.05, 3.63) is 22.2 Å². The van der Waals surface area contributed by atoms with E-state index in [0.717, 1.165) is 44.2 Å². The first-order chi connectivity index (χ1) is 9.22. The average molecular weight is 264 g/mol. The van der Waals surface area contributed by atoms with E-state index in [0.29, 0.717) is 5.92 Å². The Morgan fingerprint density at radius 3 is 3.11 bits per heavy atom. The quantitative estimate of drug-likeness (QED) is 0.838. The van der Waals surface area contributed by atoms with E-state index in [4.69, 9.17) is 0 Å². The Kier molecular flexibility index (Phi) is 4.96. The van der Waals surface area contributed by atoms with Gasteiger partial charge in [0.2, 0.25) is 0 Å². The van der Waals surface area contributed by atoms with Crippen molar-refractivity contribution >= 4 is 5.82 Å². The van der Waals surface area contributed by atoms with Gasteiger partial charge >= 0.3 is 0 Å². The molecule has 0 radical (unpaired) electrons. The number of H-pyrrole nitrogens is 1. The summed E-state index contributed by atoms with van der Waals surface area (Å²) in [4.78, 5) is 21.2. The van der Waals surface area contributed by atoms with E-state index in [9.17, 15) is 4.79 Å². The monoisotopic (exact) mass is 264 g/mol. The number of aryl methyl sites for hydroxylation is 1. The number of nitrogens with zero attached hydrogens (tertiary/aromatic N) is 2. The smallest absolute Gasteiger partial charge is 0.252 e. The van der Waals surface area contributed by atoms with Crippen molar-refractivity contribution in [2.75, 3.05) is 31.1 Å². The van der Waals surface area contributed by atoms with Crippen molar-refractivity contribution in [2.24, 2.45) is 5.92 Å². The summed E-state index contributed by atoms with van der Waals surface area (Å²) >= 11 is 0. The SMILES string of the molecule is CCNCC1CCCN(c2cc(=O)[nH]c(CC)n2)C1. The lowest BCUT2D eigenvalue weighted by Gasteiger charge is -2.33. The summed E-state index contributed by atoms with van der Waals surface area (Å²) in [6, 6.07) is 1.62. The molecular weight excluding hydrogens is 240 g/mol. The molecule has 1 saturated heterocycles. The first-order valence-electron chi connectivity index (χ1n) is 7.28. The molecule has 106 valence electrons. The fourth-order valence-electron chi connectivity index (χ4n) is 2.61. The molecule has 1 atom stereocenters. The van der Waals surface area contributed by atoms with Gasteiger partial charge in [-0.05, 0) is 31.8 Å². The van der Waals surface area contributed by atoms with Crippen LogP contribution in [0.3, 0.4) is 0 Å². The highest BCUT2D eigenvalue weighted by Gasteiger charge is 2.21. The lowest BCUT2D eigenvalue weighted by Crippen LogP contribution is -2.40. The fraction of sp³-hybridized carbons (Fsp3) is 0.714. The van der Waals surface area contributed by atoms with Crippen LogP contribution in [0.5, 0.6) is 0 Å². The second kappa shape index (κ2) is 6.70. The molecule has 0 aliphatic carbocycles. The minimum atomic E-state index is -0.0457. The normalized spacial score (nSPS) is 19.7. The van der Waals surface area contributed by atoms with E-state index in [-0.39, 0.29) is 5.56 Å². The number of hydrogen-bond donors (Lipinski definition) is 2. The summed E-state index contributed by atoms with van der Waals surface area (Å²) in [7, 11) is 0. The van der Waals surface area contributed by atoms with E-state index in [1.54, 1.807) is 6.07 Å². The Morgan fingerprint density at radius 1 is 1.53 bits per heavy atom. The van der Waals surface area contributed by atoms with Gasteiger partial charge in [0, 0.05) is 25.6 Å². The largest absolute Gasteiger partial charge is 0.356 e. The maximum atomic E-state index is 11.6. The molecule has 1 fully saturated rings. The van der Waals surface area contributed by atoms with Crippen molar-refractivity contribution in [1.82, 2.24) is 15.3 Å². The van der Waals surface area contributed by atoms with E-state index < -0.39 is 0 Å². The molecule has 0 bridgehead atoms. The van der Waals surface area contributed by atoms with Gasteiger partial charge in [-0.25, -0.2) is 4.98 Å². The van der Waals surface area contributed by atoms with Gasteiger partial charge in [-0.3, -0.25) is 4.79 Å². The van der Waals surface area contributed by atoms with Gasteiger partial charge in [0.1, 0.15) is 11.6 Å². The number of anilines is 1. The van der Waals surface area contributed by atoms with E-state index in [2.05, 4.69) is 27.1 Å². The average Bonchev–Trinajstić information content (AvgIpc) is 2.44. The molecular formula is C14H24N4O. The Bertz CT molecular complexity index is 457. The van der Waals surface area contributed by atoms with Gasteiger partial charge in [0.25, 0.3) is 5.56 Å². The standard InChI is InChI=1S/C14H24N4O/c1-3-12-16-13(8-14(19)17-12)18-7-5-6-11(10-18)9-15-4-2/h8,11,15H,3-7,9-10H2,1-2H3,(H,16,17,19). The highest BCUT2D eigenvalue weighted by molar-refractivity contribution is 5.38. The fourth-order valence-corrected chi connectivity index (χ4v) is 2.61. The third kappa shape index (κ3) is 3.80. The molecule has 2 rings (SSSR count). The Hall–Kier alpha value is -1.36. The second-order valence-electron chi connectivity index (χ2n) is 5.17. The van der Waals surface area contributed by atoms with Crippen molar-refractivity contribution in [2.45, 2.75) is 33.1 Å². The summed E-state index contributed by atoms with van der Waals surface area (Å²) in [6.07, 6.45) is 3.19. The maximum absolute atomic E-state index is 11.6. The molecule has 1 aromatic rings. The van der Waals surface area contributed by atoms with Gasteiger partial charge in [-0.1, -0.05) is 13.8 Å². The number of aromatic amines is 1. The zero-order valence-electron chi connectivity index (χ0n) is 11.9. The topological polar surface area (TPSA) is 61.0 Å². The van der Waals surface area contributed by atoms with Crippen LogP contribution < -0.4 is 15.8 Å². The summed E-state index contributed by atoms with van der Waals surface area (Å²) in [5, 5.41) is 3.41. The lowest BCUT2D eigenvalue weighted by atomic mass is 9.98. The predicted molar refractivity (Wildman–Crippen MR) is 77.7 cm³/mol. The zero-order valence-corrected chi connectivity index (χ0v) is 11.9. The van der Waals surface area contributed by atoms with Crippen LogP contribution in [0, 0.1) is 5.92 Å². The molecule has 1 aliphatic heterocycles. The Labute approximate surface area is 114 Å². The highest BCUT2D eigenvalue weighted by Crippen LogP contribution is 2.20. The molecule has 5 heteroatoms. The van der Waals surface area contributed by atoms with Crippen LogP contribution in [0.2, 0.25) is 0 Å². The number of nitrogens with one attached hydrogen (secondary N) is 2. The molecule has 2 N–H and O–H groups in total. The Morgan fingerprint density at radius 2 is 2.37 bits per heavy atom. The van der Waals surface area contributed by atoms with E-state index in [1.165, 1.54) is 12.8 Å². The summed E-state index contributed by atoms with van der Waals surface area (Å²) in [5.74, 6) is 2.26. The first-order valence-corrected chi connectivity index (χ1v) is 7.28. The molecule has 1 aliphatic rings. The highest BCUT2D eigenvalue weighted by atomic mass is 16.1. The molecule has 0 spiro atoms. The van der Waals surface area contributed by atoms with Crippen LogP contribution in [0.25, 0.3) is 0 Å². The minimum absolute atomic E-state index is 0.0457. The number of aromatic nitrogens is 2. The lowest BCUT2D eigenvalue weighted by molar-refractivity contribution is 0.394. The number of hydrogen-bond acceptors (Lipinski definition) is 4. The first kappa shape index (κ1) is 14.1. The molecule has 0 aromatic carbocycles. The molecule has 19 heavy (non-hydrogen) atoms. The van der Waals surface area contributed by atoms with Crippen LogP contribution in [0.15, 0.2) is 10.9 Å². The van der Waals surface area contributed by atoms with Gasteiger partial charge in [-0.15, -0.1) is 0 Å². The molecule has 0 amide bonds. The van der Waals surface area contributed by atoms with Gasteiger partial charge in [0.15, 0.2) is 0 Å². The second-order valence-corrected chi connectivity index (χ2v) is 5.17. The third-order valence-electron chi connectivity index (χ3n) is 3.64. The van der Waals surface area contributed by atoms with Crippen molar-refractivity contribution in [3.63, 3.8) is 0 Å². The Balaban J connectivity index is 2.08. The summed E-state index contributed by atoms with van der Waals surface area (Å²) in [5.41, 5.74) is -0.0457. The number of piperidine rings is 1. The van der Waals surface area contributed by atoms with Crippen LogP contribution in [0.4, 0.5) is 5.82 Å². The van der Waals surface area contributed by atoms with Crippen molar-refractivity contribution in [1.29, 1.82) is 0 Å². The zero-order chi connectivity index (χ0) is 13.7. The molecule has 2 heterocycles. The van der Waals surface area contributed by atoms with Crippen LogP contribution in [0.1, 0.15) is 32.5 Å². The molecule has 1 unspecified atom stereocenters. The molecule has 0 saturated carbocycles. The van der Waals surface area contributed by atoms with Gasteiger partial charge < -0.3 is 15.2 Å². The minimum Gasteiger partial charge on any atom is -0.356 e. The van der Waals surface area contributed by atoms with Crippen molar-refractivity contribution < 1.29 is 0 Å². The van der Waals surface area contributed by atoms with Crippen LogP contribution in [-0.4, -0.2) is 36.1 Å². The predicted octanol–water partition coefficient (Wildman–Crippen LogP) is 1.16. The molecule has 5 nitrogen and oxygen atoms in total. The van der Waals surface area contributed by atoms with E-state index >= 15 is 0 Å². The van der Waals surface area contributed by atoms with Crippen LogP contribution >= 0.6 is 0 Å². The van der Waals surface area contributed by atoms with Gasteiger partial charge in [-0.2, -0.15) is 0 Å². The van der Waals surface area contributed by atoms with Gasteiger partial charge in [0.05, 0.1) is 0 Å². The summed E-state index contributed by atoms with van der Waals surface area (Å²) < 4.78 is 0. The number of rotatable bonds is 5. The van der Waals surface area contributed by atoms with Crippen LogP contribution in [-0.2, 0) is 6.42 Å². The molecule has 1 aromatic heterocycles. The third-order valence-corrected chi connectivity index (χ3v) is 3.64. The summed E-state index contributed by atoms with van der Waals surface area (Å²) in [6.45, 7) is 8.20. The maximum Gasteiger partial charge on any atom is 0.252 e. The van der Waals surface area contributed by atoms with Crippen molar-refractivity contribution in [3.8, 4) is 0 Å². The van der Waals surface area contributed by atoms with E-state index in [1.807, 2.05) is 6.92 Å².